The second-order valence-corrected chi connectivity index (χ2v) is 6.11. The van der Waals surface area contributed by atoms with E-state index in [0.717, 1.165) is 24.3 Å². The summed E-state index contributed by atoms with van der Waals surface area (Å²) in [5, 5.41) is 13.6. The summed E-state index contributed by atoms with van der Waals surface area (Å²) >= 11 is 5.72. The van der Waals surface area contributed by atoms with E-state index in [9.17, 15) is 22.4 Å². The first kappa shape index (κ1) is 19.7. The number of aromatic nitrogens is 2. The number of benzene rings is 2. The number of fused-ring (bicyclic) bond motifs is 1. The predicted molar refractivity (Wildman–Crippen MR) is 93.6 cm³/mol. The lowest BCUT2D eigenvalue weighted by atomic mass is 10.2. The highest BCUT2D eigenvalue weighted by atomic mass is 35.5. The molecular formula is C18H11ClF4N2O3. The molecule has 0 saturated carbocycles. The lowest BCUT2D eigenvalue weighted by molar-refractivity contribution is -0.274. The van der Waals surface area contributed by atoms with E-state index in [4.69, 9.17) is 16.7 Å². The Labute approximate surface area is 160 Å². The highest BCUT2D eigenvalue weighted by Gasteiger charge is 2.31. The molecule has 0 aliphatic heterocycles. The predicted octanol–water partition coefficient (Wildman–Crippen LogP) is 4.87. The molecular weight excluding hydrogens is 404 g/mol. The average molecular weight is 415 g/mol. The molecule has 1 N–H and O–H groups in total. The summed E-state index contributed by atoms with van der Waals surface area (Å²) in [6.07, 6.45) is -2.84. The number of halogens is 5. The SMILES string of the molecule is O=C(O)C=Cc1nn(Cc2ccc(Cl)cc2F)c2cc(OC(F)(F)F)ccc12. The van der Waals surface area contributed by atoms with Crippen molar-refractivity contribution in [1.82, 2.24) is 9.78 Å². The fraction of sp³-hybridized carbons (Fsp3) is 0.111. The van der Waals surface area contributed by atoms with Crippen LogP contribution in [0.25, 0.3) is 17.0 Å². The minimum absolute atomic E-state index is 0.115. The number of hydrogen-bond acceptors (Lipinski definition) is 3. The Balaban J connectivity index is 2.10. The largest absolute Gasteiger partial charge is 0.573 e. The molecule has 0 amide bonds. The van der Waals surface area contributed by atoms with E-state index in [2.05, 4.69) is 9.84 Å². The van der Waals surface area contributed by atoms with Crippen LogP contribution in [0, 0.1) is 5.82 Å². The first-order valence-corrected chi connectivity index (χ1v) is 8.11. The lowest BCUT2D eigenvalue weighted by Crippen LogP contribution is -2.17. The number of rotatable bonds is 5. The van der Waals surface area contributed by atoms with E-state index in [-0.39, 0.29) is 28.3 Å². The van der Waals surface area contributed by atoms with E-state index in [1.807, 2.05) is 0 Å². The van der Waals surface area contributed by atoms with Crippen molar-refractivity contribution in [2.45, 2.75) is 12.9 Å². The summed E-state index contributed by atoms with van der Waals surface area (Å²) < 4.78 is 56.8. The zero-order valence-electron chi connectivity index (χ0n) is 13.9. The van der Waals surface area contributed by atoms with Crippen molar-refractivity contribution in [3.8, 4) is 5.75 Å². The number of ether oxygens (including phenoxy) is 1. The zero-order chi connectivity index (χ0) is 20.5. The second kappa shape index (κ2) is 7.51. The van der Waals surface area contributed by atoms with Crippen LogP contribution in [-0.2, 0) is 11.3 Å². The average Bonchev–Trinajstić information content (AvgIpc) is 2.91. The summed E-state index contributed by atoms with van der Waals surface area (Å²) in [5.74, 6) is -2.31. The molecule has 0 aliphatic carbocycles. The summed E-state index contributed by atoms with van der Waals surface area (Å²) in [4.78, 5) is 10.8. The molecule has 1 heterocycles. The number of carbonyl (C=O) groups is 1. The van der Waals surface area contributed by atoms with Crippen LogP contribution in [-0.4, -0.2) is 27.2 Å². The highest BCUT2D eigenvalue weighted by Crippen LogP contribution is 2.29. The molecule has 3 aromatic rings. The first-order chi connectivity index (χ1) is 13.1. The molecule has 3 rings (SSSR count). The fourth-order valence-electron chi connectivity index (χ4n) is 2.58. The van der Waals surface area contributed by atoms with Gasteiger partial charge in [-0.15, -0.1) is 13.2 Å². The van der Waals surface area contributed by atoms with Crippen molar-refractivity contribution in [3.05, 3.63) is 64.6 Å². The Kier molecular flexibility index (Phi) is 5.28. The molecule has 0 bridgehead atoms. The monoisotopic (exact) mass is 414 g/mol. The van der Waals surface area contributed by atoms with Crippen LogP contribution < -0.4 is 4.74 Å². The third kappa shape index (κ3) is 4.61. The van der Waals surface area contributed by atoms with Gasteiger partial charge in [0.05, 0.1) is 17.8 Å². The highest BCUT2D eigenvalue weighted by molar-refractivity contribution is 6.30. The van der Waals surface area contributed by atoms with Gasteiger partial charge in [-0.1, -0.05) is 17.7 Å². The number of nitrogens with zero attached hydrogens (tertiary/aromatic N) is 2. The van der Waals surface area contributed by atoms with Gasteiger partial charge in [0, 0.05) is 28.1 Å². The molecule has 0 radical (unpaired) electrons. The Morgan fingerprint density at radius 3 is 2.64 bits per heavy atom. The van der Waals surface area contributed by atoms with Crippen molar-refractivity contribution in [2.75, 3.05) is 0 Å². The van der Waals surface area contributed by atoms with Gasteiger partial charge in [0.15, 0.2) is 0 Å². The van der Waals surface area contributed by atoms with Gasteiger partial charge in [-0.05, 0) is 30.3 Å². The molecule has 0 unspecified atom stereocenters. The Bertz CT molecular complexity index is 1080. The summed E-state index contributed by atoms with van der Waals surface area (Å²) in [5.41, 5.74) is 0.608. The number of aliphatic carboxylic acids is 1. The van der Waals surface area contributed by atoms with E-state index in [1.165, 1.54) is 29.0 Å². The van der Waals surface area contributed by atoms with Crippen LogP contribution in [0.5, 0.6) is 5.75 Å². The van der Waals surface area contributed by atoms with E-state index < -0.39 is 23.9 Å². The molecule has 0 spiro atoms. The molecule has 0 fully saturated rings. The lowest BCUT2D eigenvalue weighted by Gasteiger charge is -2.10. The molecule has 28 heavy (non-hydrogen) atoms. The smallest absolute Gasteiger partial charge is 0.478 e. The standard InChI is InChI=1S/C18H11ClF4N2O3/c19-11-2-1-10(14(20)7-11)9-25-16-8-12(28-18(21,22)23)3-4-13(16)15(24-25)5-6-17(26)27/h1-8H,9H2,(H,26,27). The molecule has 0 aliphatic rings. The van der Waals surface area contributed by atoms with Gasteiger partial charge >= 0.3 is 12.3 Å². The van der Waals surface area contributed by atoms with Gasteiger partial charge in [-0.3, -0.25) is 4.68 Å². The first-order valence-electron chi connectivity index (χ1n) is 7.73. The fourth-order valence-corrected chi connectivity index (χ4v) is 2.74. The number of alkyl halides is 3. The third-order valence-electron chi connectivity index (χ3n) is 3.70. The molecule has 0 atom stereocenters. The number of hydrogen-bond donors (Lipinski definition) is 1. The van der Waals surface area contributed by atoms with Crippen LogP contribution in [0.1, 0.15) is 11.3 Å². The van der Waals surface area contributed by atoms with Gasteiger partial charge in [-0.25, -0.2) is 9.18 Å². The Hall–Kier alpha value is -3.07. The molecule has 2 aromatic carbocycles. The van der Waals surface area contributed by atoms with Crippen LogP contribution in [0.2, 0.25) is 5.02 Å². The maximum atomic E-state index is 14.1. The quantitative estimate of drug-likeness (QED) is 0.477. The van der Waals surface area contributed by atoms with Crippen LogP contribution in [0.4, 0.5) is 17.6 Å². The topological polar surface area (TPSA) is 64.3 Å². The van der Waals surface area contributed by atoms with Crippen molar-refractivity contribution < 1.29 is 32.2 Å². The van der Waals surface area contributed by atoms with E-state index >= 15 is 0 Å². The van der Waals surface area contributed by atoms with Gasteiger partial charge < -0.3 is 9.84 Å². The number of carboxylic acids is 1. The second-order valence-electron chi connectivity index (χ2n) is 5.68. The van der Waals surface area contributed by atoms with Gasteiger partial charge in [0.2, 0.25) is 0 Å². The normalized spacial score (nSPS) is 12.0. The molecule has 5 nitrogen and oxygen atoms in total. The van der Waals surface area contributed by atoms with Gasteiger partial charge in [0.25, 0.3) is 0 Å². The molecule has 146 valence electrons. The third-order valence-corrected chi connectivity index (χ3v) is 3.94. The maximum absolute atomic E-state index is 14.1. The zero-order valence-corrected chi connectivity index (χ0v) is 14.6. The summed E-state index contributed by atoms with van der Waals surface area (Å²) in [6.45, 7) is -0.115. The van der Waals surface area contributed by atoms with Crippen molar-refractivity contribution in [3.63, 3.8) is 0 Å². The van der Waals surface area contributed by atoms with E-state index in [0.29, 0.717) is 5.39 Å². The van der Waals surface area contributed by atoms with Gasteiger partial charge in [-0.2, -0.15) is 5.10 Å². The molecule has 0 saturated heterocycles. The Morgan fingerprint density at radius 1 is 1.25 bits per heavy atom. The molecule has 10 heteroatoms. The minimum Gasteiger partial charge on any atom is -0.478 e. The maximum Gasteiger partial charge on any atom is 0.573 e. The van der Waals surface area contributed by atoms with Crippen LogP contribution >= 0.6 is 11.6 Å². The van der Waals surface area contributed by atoms with Crippen molar-refractivity contribution in [2.24, 2.45) is 0 Å². The van der Waals surface area contributed by atoms with Crippen molar-refractivity contribution in [1.29, 1.82) is 0 Å². The summed E-state index contributed by atoms with van der Waals surface area (Å²) in [7, 11) is 0. The molecule has 1 aromatic heterocycles. The number of carboxylic acid groups (broad SMARTS) is 1. The van der Waals surface area contributed by atoms with E-state index in [1.54, 1.807) is 0 Å². The van der Waals surface area contributed by atoms with Crippen molar-refractivity contribution >= 4 is 34.5 Å². The minimum atomic E-state index is -4.88. The van der Waals surface area contributed by atoms with Crippen LogP contribution in [0.15, 0.2) is 42.5 Å². The summed E-state index contributed by atoms with van der Waals surface area (Å²) in [6, 6.07) is 7.50. The van der Waals surface area contributed by atoms with Gasteiger partial charge in [0.1, 0.15) is 11.6 Å². The van der Waals surface area contributed by atoms with Crippen LogP contribution in [0.3, 0.4) is 0 Å². The Morgan fingerprint density at radius 2 is 2.00 bits per heavy atom.